The topological polar surface area (TPSA) is 37.4 Å². The van der Waals surface area contributed by atoms with Crippen LogP contribution in [0.2, 0.25) is 5.02 Å². The molecule has 0 aliphatic carbocycles. The van der Waals surface area contributed by atoms with Gasteiger partial charge in [-0.2, -0.15) is 4.31 Å². The van der Waals surface area contributed by atoms with E-state index >= 15 is 0 Å². The molecule has 0 heterocycles. The lowest BCUT2D eigenvalue weighted by molar-refractivity contribution is 0.395. The molecular formula is C15H23Cl2NO2S. The van der Waals surface area contributed by atoms with Crippen molar-refractivity contribution >= 4 is 33.2 Å². The maximum absolute atomic E-state index is 12.8. The quantitative estimate of drug-likeness (QED) is 0.606. The summed E-state index contributed by atoms with van der Waals surface area (Å²) in [5.41, 5.74) is 0.644. The SMILES string of the molecule is CCCCN(CCCC)S(=O)(=O)c1ccc(Cl)c(CCl)c1. The Bertz CT molecular complexity index is 539. The molecule has 0 aliphatic heterocycles. The molecule has 1 rings (SSSR count). The van der Waals surface area contributed by atoms with Gasteiger partial charge in [0.05, 0.1) is 4.90 Å². The highest BCUT2D eigenvalue weighted by Gasteiger charge is 2.24. The fourth-order valence-corrected chi connectivity index (χ4v) is 4.03. The molecule has 21 heavy (non-hydrogen) atoms. The van der Waals surface area contributed by atoms with Gasteiger partial charge in [0.25, 0.3) is 0 Å². The second-order valence-corrected chi connectivity index (χ2v) is 7.61. The highest BCUT2D eigenvalue weighted by Crippen LogP contribution is 2.24. The van der Waals surface area contributed by atoms with E-state index in [1.54, 1.807) is 22.5 Å². The fraction of sp³-hybridized carbons (Fsp3) is 0.600. The molecule has 0 fully saturated rings. The molecule has 0 aliphatic rings. The Morgan fingerprint density at radius 2 is 1.67 bits per heavy atom. The van der Waals surface area contributed by atoms with E-state index in [9.17, 15) is 8.42 Å². The van der Waals surface area contributed by atoms with Crippen LogP contribution < -0.4 is 0 Å². The van der Waals surface area contributed by atoms with Crippen molar-refractivity contribution in [2.24, 2.45) is 0 Å². The molecule has 0 radical (unpaired) electrons. The largest absolute Gasteiger partial charge is 0.243 e. The van der Waals surface area contributed by atoms with E-state index in [2.05, 4.69) is 13.8 Å². The van der Waals surface area contributed by atoms with E-state index in [-0.39, 0.29) is 10.8 Å². The van der Waals surface area contributed by atoms with Crippen molar-refractivity contribution in [3.63, 3.8) is 0 Å². The number of hydrogen-bond acceptors (Lipinski definition) is 2. The third-order valence-corrected chi connectivity index (χ3v) is 5.87. The lowest BCUT2D eigenvalue weighted by Crippen LogP contribution is -2.33. The van der Waals surface area contributed by atoms with Crippen molar-refractivity contribution in [3.05, 3.63) is 28.8 Å². The van der Waals surface area contributed by atoms with Gasteiger partial charge in [0, 0.05) is 24.0 Å². The Kier molecular flexibility index (Phi) is 8.03. The van der Waals surface area contributed by atoms with Gasteiger partial charge >= 0.3 is 0 Å². The average Bonchev–Trinajstić information content (AvgIpc) is 2.47. The van der Waals surface area contributed by atoms with Crippen molar-refractivity contribution in [2.45, 2.75) is 50.3 Å². The van der Waals surface area contributed by atoms with E-state index in [0.29, 0.717) is 23.7 Å². The minimum Gasteiger partial charge on any atom is -0.207 e. The maximum Gasteiger partial charge on any atom is 0.243 e. The van der Waals surface area contributed by atoms with Gasteiger partial charge in [0.2, 0.25) is 10.0 Å². The van der Waals surface area contributed by atoms with Gasteiger partial charge in [-0.05, 0) is 36.6 Å². The first-order valence-electron chi connectivity index (χ1n) is 7.31. The zero-order valence-corrected chi connectivity index (χ0v) is 14.9. The summed E-state index contributed by atoms with van der Waals surface area (Å²) in [6.07, 6.45) is 3.65. The van der Waals surface area contributed by atoms with Gasteiger partial charge in [-0.3, -0.25) is 0 Å². The summed E-state index contributed by atoms with van der Waals surface area (Å²) in [5.74, 6) is 0.201. The zero-order valence-electron chi connectivity index (χ0n) is 12.6. The third-order valence-electron chi connectivity index (χ3n) is 3.32. The molecule has 0 amide bonds. The van der Waals surface area contributed by atoms with Crippen molar-refractivity contribution < 1.29 is 8.42 Å². The van der Waals surface area contributed by atoms with Crippen LogP contribution in [-0.2, 0) is 15.9 Å². The normalized spacial score (nSPS) is 12.0. The van der Waals surface area contributed by atoms with Gasteiger partial charge in [-0.1, -0.05) is 38.3 Å². The van der Waals surface area contributed by atoms with E-state index in [1.165, 1.54) is 0 Å². The fourth-order valence-electron chi connectivity index (χ4n) is 1.98. The van der Waals surface area contributed by atoms with Crippen LogP contribution in [-0.4, -0.2) is 25.8 Å². The smallest absolute Gasteiger partial charge is 0.207 e. The van der Waals surface area contributed by atoms with Crippen LogP contribution in [0, 0.1) is 0 Å². The summed E-state index contributed by atoms with van der Waals surface area (Å²) in [7, 11) is -3.48. The molecule has 0 saturated heterocycles. The van der Waals surface area contributed by atoms with E-state index in [1.807, 2.05) is 0 Å². The molecule has 1 aromatic rings. The molecule has 3 nitrogen and oxygen atoms in total. The van der Waals surface area contributed by atoms with Crippen LogP contribution in [0.15, 0.2) is 23.1 Å². The molecule has 120 valence electrons. The summed E-state index contributed by atoms with van der Waals surface area (Å²) >= 11 is 11.8. The molecule has 0 atom stereocenters. The minimum absolute atomic E-state index is 0.201. The lowest BCUT2D eigenvalue weighted by atomic mass is 10.2. The van der Waals surface area contributed by atoms with Gasteiger partial charge < -0.3 is 0 Å². The summed E-state index contributed by atoms with van der Waals surface area (Å²) in [5, 5.41) is 0.498. The van der Waals surface area contributed by atoms with Crippen molar-refractivity contribution in [2.75, 3.05) is 13.1 Å². The van der Waals surface area contributed by atoms with E-state index in [0.717, 1.165) is 25.7 Å². The number of nitrogens with zero attached hydrogens (tertiary/aromatic N) is 1. The molecular weight excluding hydrogens is 329 g/mol. The highest BCUT2D eigenvalue weighted by atomic mass is 35.5. The molecule has 0 saturated carbocycles. The van der Waals surface area contributed by atoms with Gasteiger partial charge in [-0.25, -0.2) is 8.42 Å². The molecule has 0 bridgehead atoms. The number of hydrogen-bond donors (Lipinski definition) is 0. The Labute approximate surface area is 138 Å². The first kappa shape index (κ1) is 18.8. The Morgan fingerprint density at radius 1 is 1.10 bits per heavy atom. The molecule has 0 spiro atoms. The number of sulfonamides is 1. The Hall–Kier alpha value is -0.290. The second-order valence-electron chi connectivity index (χ2n) is 5.00. The summed E-state index contributed by atoms with van der Waals surface area (Å²) in [4.78, 5) is 0.273. The molecule has 1 aromatic carbocycles. The van der Waals surface area contributed by atoms with E-state index in [4.69, 9.17) is 23.2 Å². The Balaban J connectivity index is 3.08. The van der Waals surface area contributed by atoms with Gasteiger partial charge in [0.1, 0.15) is 0 Å². The molecule has 6 heteroatoms. The zero-order chi connectivity index (χ0) is 15.9. The predicted molar refractivity (Wildman–Crippen MR) is 89.6 cm³/mol. The highest BCUT2D eigenvalue weighted by molar-refractivity contribution is 7.89. The number of benzene rings is 1. The van der Waals surface area contributed by atoms with Crippen LogP contribution in [0.4, 0.5) is 0 Å². The van der Waals surface area contributed by atoms with E-state index < -0.39 is 10.0 Å². The van der Waals surface area contributed by atoms with Crippen molar-refractivity contribution in [1.29, 1.82) is 0 Å². The minimum atomic E-state index is -3.48. The van der Waals surface area contributed by atoms with Gasteiger partial charge in [-0.15, -0.1) is 11.6 Å². The van der Waals surface area contributed by atoms with Crippen LogP contribution in [0.3, 0.4) is 0 Å². The Morgan fingerprint density at radius 3 is 2.14 bits per heavy atom. The standard InChI is InChI=1S/C15H23Cl2NO2S/c1-3-5-9-18(10-6-4-2)21(19,20)14-7-8-15(17)13(11-14)12-16/h7-8,11H,3-6,9-10,12H2,1-2H3. The van der Waals surface area contributed by atoms with Crippen molar-refractivity contribution in [1.82, 2.24) is 4.31 Å². The van der Waals surface area contributed by atoms with Crippen LogP contribution in [0.25, 0.3) is 0 Å². The second kappa shape index (κ2) is 8.99. The summed E-state index contributed by atoms with van der Waals surface area (Å²) in [6.45, 7) is 5.21. The van der Waals surface area contributed by atoms with Crippen LogP contribution in [0.1, 0.15) is 45.1 Å². The predicted octanol–water partition coefficient (Wildman–Crippen LogP) is 4.67. The first-order chi connectivity index (χ1) is 9.97. The maximum atomic E-state index is 12.8. The average molecular weight is 352 g/mol. The summed E-state index contributed by atoms with van der Waals surface area (Å²) < 4.78 is 27.1. The monoisotopic (exact) mass is 351 g/mol. The third kappa shape index (κ3) is 5.13. The van der Waals surface area contributed by atoms with Gasteiger partial charge in [0.15, 0.2) is 0 Å². The molecule has 0 aromatic heterocycles. The number of unbranched alkanes of at least 4 members (excludes halogenated alkanes) is 2. The summed E-state index contributed by atoms with van der Waals surface area (Å²) in [6, 6.07) is 4.73. The number of halogens is 2. The van der Waals surface area contributed by atoms with Crippen LogP contribution in [0.5, 0.6) is 0 Å². The number of alkyl halides is 1. The number of rotatable bonds is 9. The van der Waals surface area contributed by atoms with Crippen LogP contribution >= 0.6 is 23.2 Å². The first-order valence-corrected chi connectivity index (χ1v) is 9.67. The molecule has 0 unspecified atom stereocenters. The van der Waals surface area contributed by atoms with Crippen molar-refractivity contribution in [3.8, 4) is 0 Å². The molecule has 0 N–H and O–H groups in total. The lowest BCUT2D eigenvalue weighted by Gasteiger charge is -2.22.